The number of carbonyl (C=O) groups is 1. The molecule has 3 aliphatic rings. The summed E-state index contributed by atoms with van der Waals surface area (Å²) in [7, 11) is 0. The number of hydrogen-bond donors (Lipinski definition) is 1. The molecule has 1 amide bonds. The molecule has 0 bridgehead atoms. The minimum atomic E-state index is -0.0949. The lowest BCUT2D eigenvalue weighted by molar-refractivity contribution is -0.119. The van der Waals surface area contributed by atoms with Gasteiger partial charge < -0.3 is 0 Å². The maximum Gasteiger partial charge on any atom is 0.281 e. The van der Waals surface area contributed by atoms with Gasteiger partial charge in [-0.25, -0.2) is 5.01 Å². The van der Waals surface area contributed by atoms with E-state index in [2.05, 4.69) is 15.5 Å². The molecule has 2 fully saturated rings. The summed E-state index contributed by atoms with van der Waals surface area (Å²) in [6.45, 7) is 2.59. The van der Waals surface area contributed by atoms with Gasteiger partial charge in [0.05, 0.1) is 10.7 Å². The highest BCUT2D eigenvalue weighted by molar-refractivity contribution is 6.40. The van der Waals surface area contributed by atoms with E-state index in [0.717, 1.165) is 30.6 Å². The van der Waals surface area contributed by atoms with Crippen molar-refractivity contribution in [1.29, 1.82) is 0 Å². The molecule has 1 saturated heterocycles. The number of rotatable bonds is 3. The topological polar surface area (TPSA) is 47.9 Å². The van der Waals surface area contributed by atoms with Crippen molar-refractivity contribution in [3.8, 4) is 0 Å². The first kappa shape index (κ1) is 16.2. The van der Waals surface area contributed by atoms with E-state index in [4.69, 9.17) is 23.2 Å². The summed E-state index contributed by atoms with van der Waals surface area (Å²) in [5.41, 5.74) is 4.36. The lowest BCUT2D eigenvalue weighted by atomic mass is 10.0. The van der Waals surface area contributed by atoms with Gasteiger partial charge in [0, 0.05) is 31.1 Å². The molecule has 1 aliphatic carbocycles. The average molecular weight is 367 g/mol. The summed E-state index contributed by atoms with van der Waals surface area (Å²) in [5.74, 6) is 1.41. The molecule has 5 nitrogen and oxygen atoms in total. The fraction of sp³-hybridized carbons (Fsp3) is 0.529. The van der Waals surface area contributed by atoms with Crippen LogP contribution in [0.25, 0.3) is 0 Å². The van der Waals surface area contributed by atoms with Gasteiger partial charge in [-0.05, 0) is 42.9 Å². The third-order valence-electron chi connectivity index (χ3n) is 5.24. The number of nitrogens with one attached hydrogen (secondary N) is 1. The van der Waals surface area contributed by atoms with Gasteiger partial charge in [-0.1, -0.05) is 29.6 Å². The number of carbonyl (C=O) groups excluding carboxylic acids is 1. The van der Waals surface area contributed by atoms with Gasteiger partial charge in [0.25, 0.3) is 5.91 Å². The van der Waals surface area contributed by atoms with Crippen LogP contribution in [0.3, 0.4) is 0 Å². The first-order valence-electron chi connectivity index (χ1n) is 8.46. The van der Waals surface area contributed by atoms with Gasteiger partial charge in [-0.15, -0.1) is 0 Å². The summed E-state index contributed by atoms with van der Waals surface area (Å²) in [6.07, 6.45) is 4.54. The van der Waals surface area contributed by atoms with Crippen molar-refractivity contribution in [1.82, 2.24) is 10.4 Å². The zero-order chi connectivity index (χ0) is 16.7. The zero-order valence-electron chi connectivity index (χ0n) is 13.3. The molecule has 1 aromatic rings. The van der Waals surface area contributed by atoms with Crippen LogP contribution in [0.2, 0.25) is 10.0 Å². The Balaban J connectivity index is 1.40. The highest BCUT2D eigenvalue weighted by Gasteiger charge is 2.37. The number of fused-ring (bicyclic) bond motifs is 1. The highest BCUT2D eigenvalue weighted by Crippen LogP contribution is 2.37. The van der Waals surface area contributed by atoms with Crippen LogP contribution in [-0.2, 0) is 4.79 Å². The number of nitrogens with zero attached hydrogens (tertiary/aromatic N) is 3. The van der Waals surface area contributed by atoms with Gasteiger partial charge in [0.2, 0.25) is 0 Å². The normalized spacial score (nSPS) is 26.6. The minimum absolute atomic E-state index is 0.0949. The lowest BCUT2D eigenvalue weighted by Gasteiger charge is -2.18. The molecule has 2 unspecified atom stereocenters. The molecular weight excluding hydrogens is 347 g/mol. The van der Waals surface area contributed by atoms with E-state index in [1.807, 2.05) is 6.07 Å². The van der Waals surface area contributed by atoms with Crippen molar-refractivity contribution in [3.63, 3.8) is 0 Å². The molecule has 0 radical (unpaired) electrons. The van der Waals surface area contributed by atoms with Crippen LogP contribution in [0.15, 0.2) is 23.3 Å². The smallest absolute Gasteiger partial charge is 0.281 e. The largest absolute Gasteiger partial charge is 0.284 e. The Hall–Kier alpha value is -1.30. The van der Waals surface area contributed by atoms with Gasteiger partial charge in [0.15, 0.2) is 0 Å². The minimum Gasteiger partial charge on any atom is -0.284 e. The Morgan fingerprint density at radius 2 is 1.96 bits per heavy atom. The van der Waals surface area contributed by atoms with E-state index in [9.17, 15) is 4.79 Å². The molecule has 0 spiro atoms. The summed E-state index contributed by atoms with van der Waals surface area (Å²) < 4.78 is 0. The number of anilines is 1. The second kappa shape index (κ2) is 6.54. The van der Waals surface area contributed by atoms with Gasteiger partial charge in [0.1, 0.15) is 5.71 Å². The molecule has 1 aromatic carbocycles. The quantitative estimate of drug-likeness (QED) is 0.892. The Morgan fingerprint density at radius 1 is 1.21 bits per heavy atom. The number of hydrogen-bond acceptors (Lipinski definition) is 4. The number of hydrazine groups is 1. The third kappa shape index (κ3) is 3.13. The maximum absolute atomic E-state index is 12.5. The van der Waals surface area contributed by atoms with Crippen molar-refractivity contribution < 1.29 is 4.79 Å². The van der Waals surface area contributed by atoms with Crippen molar-refractivity contribution in [2.24, 2.45) is 16.9 Å². The number of halogens is 2. The highest BCUT2D eigenvalue weighted by atomic mass is 35.5. The molecule has 1 N–H and O–H groups in total. The van der Waals surface area contributed by atoms with Crippen LogP contribution >= 0.6 is 23.2 Å². The number of benzene rings is 1. The maximum atomic E-state index is 12.5. The van der Waals surface area contributed by atoms with Crippen LogP contribution < -0.4 is 10.4 Å². The van der Waals surface area contributed by atoms with Crippen LogP contribution in [0.5, 0.6) is 0 Å². The second-order valence-electron chi connectivity index (χ2n) is 6.81. The van der Waals surface area contributed by atoms with Gasteiger partial charge >= 0.3 is 0 Å². The molecule has 2 atom stereocenters. The zero-order valence-corrected chi connectivity index (χ0v) is 14.9. The third-order valence-corrected chi connectivity index (χ3v) is 5.78. The van der Waals surface area contributed by atoms with Gasteiger partial charge in [-0.3, -0.25) is 15.2 Å². The molecule has 2 heterocycles. The van der Waals surface area contributed by atoms with Crippen molar-refractivity contribution in [2.75, 3.05) is 24.6 Å². The monoisotopic (exact) mass is 366 g/mol. The van der Waals surface area contributed by atoms with E-state index >= 15 is 0 Å². The fourth-order valence-electron chi connectivity index (χ4n) is 4.02. The Kier molecular flexibility index (Phi) is 4.41. The van der Waals surface area contributed by atoms with Crippen LogP contribution in [-0.4, -0.2) is 36.3 Å². The van der Waals surface area contributed by atoms with E-state index in [1.165, 1.54) is 19.3 Å². The van der Waals surface area contributed by atoms with Crippen LogP contribution in [0.4, 0.5) is 5.69 Å². The van der Waals surface area contributed by atoms with E-state index in [-0.39, 0.29) is 5.91 Å². The fourth-order valence-corrected chi connectivity index (χ4v) is 4.52. The SMILES string of the molecule is O=C(NN1CC2CCCC2C1)C1=NN(c2ccc(Cl)cc2Cl)CC1. The summed E-state index contributed by atoms with van der Waals surface area (Å²) in [4.78, 5) is 12.5. The van der Waals surface area contributed by atoms with E-state index in [1.54, 1.807) is 17.1 Å². The van der Waals surface area contributed by atoms with Crippen molar-refractivity contribution >= 4 is 40.5 Å². The molecule has 128 valence electrons. The first-order chi connectivity index (χ1) is 11.6. The summed E-state index contributed by atoms with van der Waals surface area (Å²) >= 11 is 12.2. The molecule has 1 saturated carbocycles. The van der Waals surface area contributed by atoms with Crippen LogP contribution in [0.1, 0.15) is 25.7 Å². The lowest BCUT2D eigenvalue weighted by Crippen LogP contribution is -2.44. The number of amides is 1. The predicted molar refractivity (Wildman–Crippen MR) is 96.4 cm³/mol. The second-order valence-corrected chi connectivity index (χ2v) is 7.66. The average Bonchev–Trinajstić information content (AvgIpc) is 3.22. The predicted octanol–water partition coefficient (Wildman–Crippen LogP) is 3.32. The molecule has 24 heavy (non-hydrogen) atoms. The first-order valence-corrected chi connectivity index (χ1v) is 9.22. The standard InChI is InChI=1S/C17H20Cl2N4O/c18-13-4-5-16(14(19)8-13)23-7-6-15(20-23)17(24)21-22-9-11-2-1-3-12(11)10-22/h4-5,8,11-12H,1-3,6-7,9-10H2,(H,21,24). The Morgan fingerprint density at radius 3 is 2.67 bits per heavy atom. The summed E-state index contributed by atoms with van der Waals surface area (Å²) in [6, 6.07) is 5.30. The molecular formula is C17H20Cl2N4O. The molecule has 2 aliphatic heterocycles. The summed E-state index contributed by atoms with van der Waals surface area (Å²) in [5, 5.41) is 9.41. The van der Waals surface area contributed by atoms with Crippen LogP contribution in [0, 0.1) is 11.8 Å². The van der Waals surface area contributed by atoms with Crippen molar-refractivity contribution in [3.05, 3.63) is 28.2 Å². The van der Waals surface area contributed by atoms with E-state index in [0.29, 0.717) is 28.7 Å². The molecule has 0 aromatic heterocycles. The molecule has 7 heteroatoms. The Labute approximate surface area is 151 Å². The number of hydrazone groups is 1. The Bertz CT molecular complexity index is 681. The molecule has 4 rings (SSSR count). The van der Waals surface area contributed by atoms with Crippen molar-refractivity contribution in [2.45, 2.75) is 25.7 Å². The van der Waals surface area contributed by atoms with Gasteiger partial charge in [-0.2, -0.15) is 5.10 Å². The van der Waals surface area contributed by atoms with E-state index < -0.39 is 0 Å².